The molecule has 3 aromatic carbocycles. The Hall–Kier alpha value is -1.96. The summed E-state index contributed by atoms with van der Waals surface area (Å²) in [5.74, 6) is 0.187. The second-order valence-corrected chi connectivity index (χ2v) is 8.96. The monoisotopic (exact) mass is 507 g/mol. The highest BCUT2D eigenvalue weighted by Crippen LogP contribution is 2.36. The summed E-state index contributed by atoms with van der Waals surface area (Å²) in [7, 11) is -3.93. The summed E-state index contributed by atoms with van der Waals surface area (Å²) in [4.78, 5) is 4.58. The van der Waals surface area contributed by atoms with Crippen molar-refractivity contribution in [1.29, 1.82) is 0 Å². The molecule has 0 atom stereocenters. The van der Waals surface area contributed by atoms with Crippen LogP contribution in [0.4, 0.5) is 5.69 Å². The Labute approximate surface area is 175 Å². The van der Waals surface area contributed by atoms with Gasteiger partial charge < -0.3 is 4.18 Å². The lowest BCUT2D eigenvalue weighted by Gasteiger charge is -2.11. The lowest BCUT2D eigenvalue weighted by Crippen LogP contribution is -2.10. The Morgan fingerprint density at radius 1 is 0.926 bits per heavy atom. The van der Waals surface area contributed by atoms with Crippen LogP contribution in [0.25, 0.3) is 0 Å². The minimum Gasteiger partial charge on any atom is -0.377 e. The van der Waals surface area contributed by atoms with Gasteiger partial charge in [-0.3, -0.25) is 4.99 Å². The molecule has 0 aliphatic rings. The van der Waals surface area contributed by atoms with Gasteiger partial charge in [0.15, 0.2) is 5.75 Å². The zero-order chi connectivity index (χ0) is 19.4. The normalized spacial score (nSPS) is 11.7. The molecule has 0 unspecified atom stereocenters. The molecule has 138 valence electrons. The number of hydrogen-bond acceptors (Lipinski definition) is 4. The molecule has 0 radical (unpaired) electrons. The maximum Gasteiger partial charge on any atom is 0.339 e. The molecule has 27 heavy (non-hydrogen) atoms. The molecule has 7 heteroatoms. The predicted octanol–water partition coefficient (Wildman–Crippen LogP) is 6.04. The summed E-state index contributed by atoms with van der Waals surface area (Å²) in [5.41, 5.74) is 2.74. The topological polar surface area (TPSA) is 55.7 Å². The van der Waals surface area contributed by atoms with Gasteiger partial charge in [-0.05, 0) is 80.2 Å². The number of aliphatic imine (C=N–C) groups is 1. The van der Waals surface area contributed by atoms with Gasteiger partial charge in [0, 0.05) is 6.21 Å². The first-order chi connectivity index (χ1) is 12.9. The van der Waals surface area contributed by atoms with Crippen LogP contribution in [-0.2, 0) is 10.1 Å². The van der Waals surface area contributed by atoms with E-state index in [4.69, 9.17) is 4.18 Å². The largest absolute Gasteiger partial charge is 0.377 e. The maximum atomic E-state index is 12.4. The third-order valence-electron chi connectivity index (χ3n) is 3.71. The molecule has 3 rings (SSSR count). The second kappa shape index (κ2) is 8.37. The lowest BCUT2D eigenvalue weighted by atomic mass is 10.2. The standard InChI is InChI=1S/C20H15Br2NO3S/c1-14-7-5-6-10-19(14)23-13-15-11-17(21)20(18(22)12-15)26-27(24,25)16-8-3-2-4-9-16/h2-13H,1H3. The number of benzene rings is 3. The molecule has 0 saturated carbocycles. The Morgan fingerprint density at radius 3 is 2.15 bits per heavy atom. The minimum absolute atomic E-state index is 0.0917. The number of halogens is 2. The zero-order valence-electron chi connectivity index (χ0n) is 14.3. The fourth-order valence-corrected chi connectivity index (χ4v) is 4.91. The summed E-state index contributed by atoms with van der Waals surface area (Å²) in [6, 6.07) is 19.3. The molecule has 0 bridgehead atoms. The molecule has 0 spiro atoms. The van der Waals surface area contributed by atoms with Crippen LogP contribution < -0.4 is 4.18 Å². The molecule has 0 aromatic heterocycles. The fourth-order valence-electron chi connectivity index (χ4n) is 2.33. The van der Waals surface area contributed by atoms with Crippen molar-refractivity contribution in [3.05, 3.63) is 86.8 Å². The van der Waals surface area contributed by atoms with E-state index in [2.05, 4.69) is 36.9 Å². The van der Waals surface area contributed by atoms with Crippen molar-refractivity contribution < 1.29 is 12.6 Å². The molecule has 0 heterocycles. The fraction of sp³-hybridized carbons (Fsp3) is 0.0500. The van der Waals surface area contributed by atoms with Gasteiger partial charge in [0.1, 0.15) is 4.90 Å². The summed E-state index contributed by atoms with van der Waals surface area (Å²) in [6.07, 6.45) is 1.72. The molecule has 3 aromatic rings. The van der Waals surface area contributed by atoms with Crippen molar-refractivity contribution in [2.75, 3.05) is 0 Å². The average molecular weight is 509 g/mol. The van der Waals surface area contributed by atoms with Gasteiger partial charge in [-0.25, -0.2) is 0 Å². The van der Waals surface area contributed by atoms with E-state index in [-0.39, 0.29) is 10.6 Å². The number of para-hydroxylation sites is 1. The Balaban J connectivity index is 1.89. The molecule has 4 nitrogen and oxygen atoms in total. The Morgan fingerprint density at radius 2 is 1.52 bits per heavy atom. The van der Waals surface area contributed by atoms with Crippen LogP contribution in [0, 0.1) is 6.92 Å². The van der Waals surface area contributed by atoms with E-state index in [1.54, 1.807) is 36.5 Å². The van der Waals surface area contributed by atoms with Crippen molar-refractivity contribution in [3.8, 4) is 5.75 Å². The highest BCUT2D eigenvalue weighted by molar-refractivity contribution is 9.11. The van der Waals surface area contributed by atoms with Crippen molar-refractivity contribution >= 4 is 53.9 Å². The van der Waals surface area contributed by atoms with Crippen LogP contribution in [0.2, 0.25) is 0 Å². The van der Waals surface area contributed by atoms with E-state index in [9.17, 15) is 8.42 Å². The first-order valence-corrected chi connectivity index (χ1v) is 10.9. The van der Waals surface area contributed by atoms with E-state index in [0.29, 0.717) is 8.95 Å². The number of rotatable bonds is 5. The third-order valence-corrected chi connectivity index (χ3v) is 6.13. The second-order valence-electron chi connectivity index (χ2n) is 5.71. The van der Waals surface area contributed by atoms with Crippen molar-refractivity contribution in [1.82, 2.24) is 0 Å². The van der Waals surface area contributed by atoms with Crippen molar-refractivity contribution in [3.63, 3.8) is 0 Å². The van der Waals surface area contributed by atoms with Crippen LogP contribution in [0.5, 0.6) is 5.75 Å². The summed E-state index contributed by atoms with van der Waals surface area (Å²) < 4.78 is 31.2. The average Bonchev–Trinajstić information content (AvgIpc) is 2.65. The van der Waals surface area contributed by atoms with Gasteiger partial charge in [-0.15, -0.1) is 0 Å². The number of nitrogens with zero attached hydrogens (tertiary/aromatic N) is 1. The van der Waals surface area contributed by atoms with Gasteiger partial charge in [0.25, 0.3) is 0 Å². The van der Waals surface area contributed by atoms with E-state index in [0.717, 1.165) is 16.8 Å². The quantitative estimate of drug-likeness (QED) is 0.312. The maximum absolute atomic E-state index is 12.4. The van der Waals surface area contributed by atoms with Crippen LogP contribution in [0.1, 0.15) is 11.1 Å². The minimum atomic E-state index is -3.93. The molecule has 0 aliphatic carbocycles. The van der Waals surface area contributed by atoms with Gasteiger partial charge in [-0.2, -0.15) is 8.42 Å². The highest BCUT2D eigenvalue weighted by atomic mass is 79.9. The smallest absolute Gasteiger partial charge is 0.339 e. The zero-order valence-corrected chi connectivity index (χ0v) is 18.3. The molecule has 0 N–H and O–H groups in total. The van der Waals surface area contributed by atoms with Gasteiger partial charge in [-0.1, -0.05) is 36.4 Å². The molecule has 0 fully saturated rings. The first-order valence-electron chi connectivity index (χ1n) is 7.95. The summed E-state index contributed by atoms with van der Waals surface area (Å²) >= 11 is 6.77. The first kappa shape index (κ1) is 19.8. The number of hydrogen-bond donors (Lipinski definition) is 0. The van der Waals surface area contributed by atoms with Gasteiger partial charge in [0.2, 0.25) is 0 Å². The van der Waals surface area contributed by atoms with Crippen LogP contribution in [0.3, 0.4) is 0 Å². The molecule has 0 aliphatic heterocycles. The van der Waals surface area contributed by atoms with E-state index in [1.165, 1.54) is 12.1 Å². The molecule has 0 saturated heterocycles. The lowest BCUT2D eigenvalue weighted by molar-refractivity contribution is 0.483. The summed E-state index contributed by atoms with van der Waals surface area (Å²) in [5, 5.41) is 0. The van der Waals surface area contributed by atoms with E-state index in [1.807, 2.05) is 31.2 Å². The third kappa shape index (κ3) is 4.86. The molecular formula is C20H15Br2NO3S. The molecule has 0 amide bonds. The van der Waals surface area contributed by atoms with Crippen LogP contribution in [0.15, 0.2) is 85.6 Å². The number of aryl methyl sites for hydroxylation is 1. The van der Waals surface area contributed by atoms with Gasteiger partial charge >= 0.3 is 10.1 Å². The van der Waals surface area contributed by atoms with Crippen LogP contribution in [-0.4, -0.2) is 14.6 Å². The summed E-state index contributed by atoms with van der Waals surface area (Å²) in [6.45, 7) is 1.99. The van der Waals surface area contributed by atoms with Crippen molar-refractivity contribution in [2.45, 2.75) is 11.8 Å². The van der Waals surface area contributed by atoms with Crippen LogP contribution >= 0.6 is 31.9 Å². The van der Waals surface area contributed by atoms with E-state index < -0.39 is 10.1 Å². The van der Waals surface area contributed by atoms with E-state index >= 15 is 0 Å². The predicted molar refractivity (Wildman–Crippen MR) is 115 cm³/mol. The SMILES string of the molecule is Cc1ccccc1N=Cc1cc(Br)c(OS(=O)(=O)c2ccccc2)c(Br)c1. The van der Waals surface area contributed by atoms with Crippen molar-refractivity contribution in [2.24, 2.45) is 4.99 Å². The molecular weight excluding hydrogens is 494 g/mol. The Bertz CT molecular complexity index is 1070. The highest BCUT2D eigenvalue weighted by Gasteiger charge is 2.20. The van der Waals surface area contributed by atoms with Gasteiger partial charge in [0.05, 0.1) is 14.6 Å². The Kier molecular flexibility index (Phi) is 6.14.